The van der Waals surface area contributed by atoms with Crippen LogP contribution in [0.4, 0.5) is 0 Å². The zero-order chi connectivity index (χ0) is 13.6. The number of rotatable bonds is 6. The van der Waals surface area contributed by atoms with Crippen molar-refractivity contribution >= 4 is 0 Å². The monoisotopic (exact) mass is 264 g/mol. The molecule has 0 bridgehead atoms. The lowest BCUT2D eigenvalue weighted by molar-refractivity contribution is 0.00807. The number of ether oxygens (including phenoxy) is 1. The van der Waals surface area contributed by atoms with Gasteiger partial charge in [0.2, 0.25) is 0 Å². The van der Waals surface area contributed by atoms with Gasteiger partial charge >= 0.3 is 0 Å². The molecule has 2 rings (SSSR count). The van der Waals surface area contributed by atoms with Crippen LogP contribution >= 0.6 is 0 Å². The molecule has 0 aliphatic heterocycles. The summed E-state index contributed by atoms with van der Waals surface area (Å²) in [5.41, 5.74) is 0.480. The van der Waals surface area contributed by atoms with E-state index in [9.17, 15) is 0 Å². The second-order valence-electron chi connectivity index (χ2n) is 6.89. The van der Waals surface area contributed by atoms with Crippen LogP contribution in [0, 0.1) is 17.3 Å². The summed E-state index contributed by atoms with van der Waals surface area (Å²) in [7, 11) is 0. The van der Waals surface area contributed by atoms with Gasteiger partial charge in [0.25, 0.3) is 0 Å². The maximum atomic E-state index is 5.78. The van der Waals surface area contributed by atoms with Gasteiger partial charge < -0.3 is 4.74 Å². The third kappa shape index (κ3) is 4.08. The van der Waals surface area contributed by atoms with Gasteiger partial charge in [0, 0.05) is 0 Å². The normalized spacial score (nSPS) is 33.2. The van der Waals surface area contributed by atoms with Crippen molar-refractivity contribution in [1.29, 1.82) is 0 Å². The van der Waals surface area contributed by atoms with Crippen molar-refractivity contribution < 1.29 is 4.74 Å². The van der Waals surface area contributed by atoms with Crippen LogP contribution in [0.25, 0.3) is 0 Å². The van der Waals surface area contributed by atoms with E-state index in [1.165, 1.54) is 64.2 Å². The highest BCUT2D eigenvalue weighted by molar-refractivity contribution is 4.88. The SMILES string of the molecule is C=CCOCC1(CC)CCC(C2CCCCC2)CC1. The summed E-state index contributed by atoms with van der Waals surface area (Å²) in [6.45, 7) is 7.75. The van der Waals surface area contributed by atoms with Crippen LogP contribution in [0.1, 0.15) is 71.1 Å². The van der Waals surface area contributed by atoms with Crippen molar-refractivity contribution in [3.63, 3.8) is 0 Å². The molecule has 0 N–H and O–H groups in total. The summed E-state index contributed by atoms with van der Waals surface area (Å²) in [6.07, 6.45) is 16.3. The Morgan fingerprint density at radius 1 is 1.05 bits per heavy atom. The summed E-state index contributed by atoms with van der Waals surface area (Å²) in [5, 5.41) is 0. The van der Waals surface area contributed by atoms with Crippen LogP contribution in [0.5, 0.6) is 0 Å². The molecule has 2 aliphatic rings. The first-order valence-corrected chi connectivity index (χ1v) is 8.48. The lowest BCUT2D eigenvalue weighted by atomic mass is 9.64. The predicted octanol–water partition coefficient (Wildman–Crippen LogP) is 5.36. The van der Waals surface area contributed by atoms with Gasteiger partial charge in [-0.05, 0) is 49.4 Å². The van der Waals surface area contributed by atoms with E-state index in [1.54, 1.807) is 0 Å². The zero-order valence-corrected chi connectivity index (χ0v) is 12.8. The van der Waals surface area contributed by atoms with E-state index in [0.29, 0.717) is 12.0 Å². The molecule has 0 aromatic rings. The maximum Gasteiger partial charge on any atom is 0.0645 e. The summed E-state index contributed by atoms with van der Waals surface area (Å²) in [4.78, 5) is 0. The Bertz CT molecular complexity index is 257. The first-order chi connectivity index (χ1) is 9.29. The van der Waals surface area contributed by atoms with Crippen molar-refractivity contribution in [3.8, 4) is 0 Å². The second-order valence-corrected chi connectivity index (χ2v) is 6.89. The Balaban J connectivity index is 1.79. The molecule has 0 aromatic heterocycles. The lowest BCUT2D eigenvalue weighted by Crippen LogP contribution is -2.34. The van der Waals surface area contributed by atoms with Gasteiger partial charge in [0.1, 0.15) is 0 Å². The minimum Gasteiger partial charge on any atom is -0.377 e. The average Bonchev–Trinajstić information content (AvgIpc) is 2.49. The molecule has 110 valence electrons. The standard InChI is InChI=1S/C18H32O/c1-3-14-19-15-18(4-2)12-10-17(11-13-18)16-8-6-5-7-9-16/h3,16-17H,1,4-15H2,2H3. The molecule has 19 heavy (non-hydrogen) atoms. The van der Waals surface area contributed by atoms with Crippen LogP contribution in [-0.4, -0.2) is 13.2 Å². The van der Waals surface area contributed by atoms with Crippen LogP contribution in [0.3, 0.4) is 0 Å². The fraction of sp³-hybridized carbons (Fsp3) is 0.889. The Morgan fingerprint density at radius 3 is 2.26 bits per heavy atom. The fourth-order valence-electron chi connectivity index (χ4n) is 4.29. The molecule has 0 saturated heterocycles. The third-order valence-corrected chi connectivity index (χ3v) is 5.80. The molecular formula is C18H32O. The largest absolute Gasteiger partial charge is 0.377 e. The van der Waals surface area contributed by atoms with E-state index in [0.717, 1.165) is 18.4 Å². The molecule has 2 fully saturated rings. The molecule has 1 nitrogen and oxygen atoms in total. The van der Waals surface area contributed by atoms with Crippen molar-refractivity contribution in [2.75, 3.05) is 13.2 Å². The van der Waals surface area contributed by atoms with Crippen molar-refractivity contribution in [2.24, 2.45) is 17.3 Å². The highest BCUT2D eigenvalue weighted by atomic mass is 16.5. The van der Waals surface area contributed by atoms with Crippen LogP contribution in [0.15, 0.2) is 12.7 Å². The number of hydrogen-bond acceptors (Lipinski definition) is 1. The first kappa shape index (κ1) is 15.1. The molecule has 0 unspecified atom stereocenters. The molecule has 1 heteroatoms. The van der Waals surface area contributed by atoms with E-state index in [-0.39, 0.29) is 0 Å². The molecule has 0 aromatic carbocycles. The molecule has 0 heterocycles. The van der Waals surface area contributed by atoms with E-state index in [1.807, 2.05) is 6.08 Å². The molecule has 0 radical (unpaired) electrons. The van der Waals surface area contributed by atoms with Gasteiger partial charge in [0.15, 0.2) is 0 Å². The third-order valence-electron chi connectivity index (χ3n) is 5.80. The molecule has 2 saturated carbocycles. The van der Waals surface area contributed by atoms with Crippen LogP contribution in [-0.2, 0) is 4.74 Å². The molecule has 0 spiro atoms. The highest BCUT2D eigenvalue weighted by Crippen LogP contribution is 2.46. The minimum atomic E-state index is 0.480. The van der Waals surface area contributed by atoms with Gasteiger partial charge in [-0.25, -0.2) is 0 Å². The summed E-state index contributed by atoms with van der Waals surface area (Å²) < 4.78 is 5.78. The van der Waals surface area contributed by atoms with Crippen LogP contribution < -0.4 is 0 Å². The summed E-state index contributed by atoms with van der Waals surface area (Å²) in [5.74, 6) is 2.08. The summed E-state index contributed by atoms with van der Waals surface area (Å²) in [6, 6.07) is 0. The minimum absolute atomic E-state index is 0.480. The van der Waals surface area contributed by atoms with Crippen molar-refractivity contribution in [2.45, 2.75) is 71.1 Å². The van der Waals surface area contributed by atoms with E-state index in [2.05, 4.69) is 13.5 Å². The van der Waals surface area contributed by atoms with E-state index in [4.69, 9.17) is 4.74 Å². The Hall–Kier alpha value is -0.300. The Morgan fingerprint density at radius 2 is 1.68 bits per heavy atom. The second kappa shape index (κ2) is 7.47. The Labute approximate surface area is 119 Å². The van der Waals surface area contributed by atoms with E-state index >= 15 is 0 Å². The van der Waals surface area contributed by atoms with E-state index < -0.39 is 0 Å². The smallest absolute Gasteiger partial charge is 0.0645 e. The first-order valence-electron chi connectivity index (χ1n) is 8.48. The van der Waals surface area contributed by atoms with Crippen LogP contribution in [0.2, 0.25) is 0 Å². The maximum absolute atomic E-state index is 5.78. The molecular weight excluding hydrogens is 232 g/mol. The number of hydrogen-bond donors (Lipinski definition) is 0. The van der Waals surface area contributed by atoms with Crippen molar-refractivity contribution in [3.05, 3.63) is 12.7 Å². The topological polar surface area (TPSA) is 9.23 Å². The molecule has 0 amide bonds. The van der Waals surface area contributed by atoms with Gasteiger partial charge in [-0.2, -0.15) is 0 Å². The zero-order valence-electron chi connectivity index (χ0n) is 12.8. The average molecular weight is 264 g/mol. The Kier molecular flexibility index (Phi) is 5.94. The fourth-order valence-corrected chi connectivity index (χ4v) is 4.29. The lowest BCUT2D eigenvalue weighted by Gasteiger charge is -2.42. The van der Waals surface area contributed by atoms with Gasteiger partial charge in [-0.1, -0.05) is 45.1 Å². The van der Waals surface area contributed by atoms with Gasteiger partial charge in [0.05, 0.1) is 13.2 Å². The van der Waals surface area contributed by atoms with Gasteiger partial charge in [-0.15, -0.1) is 6.58 Å². The quantitative estimate of drug-likeness (QED) is 0.464. The predicted molar refractivity (Wildman–Crippen MR) is 82.3 cm³/mol. The van der Waals surface area contributed by atoms with Gasteiger partial charge in [-0.3, -0.25) is 0 Å². The van der Waals surface area contributed by atoms with Crippen molar-refractivity contribution in [1.82, 2.24) is 0 Å². The highest BCUT2D eigenvalue weighted by Gasteiger charge is 2.36. The molecule has 2 aliphatic carbocycles. The molecule has 0 atom stereocenters. The summed E-state index contributed by atoms with van der Waals surface area (Å²) >= 11 is 0.